The van der Waals surface area contributed by atoms with Gasteiger partial charge in [0.25, 0.3) is 0 Å². The van der Waals surface area contributed by atoms with Gasteiger partial charge in [-0.3, -0.25) is 4.79 Å². The van der Waals surface area contributed by atoms with Gasteiger partial charge in [0.1, 0.15) is 5.75 Å². The van der Waals surface area contributed by atoms with Gasteiger partial charge in [0.2, 0.25) is 0 Å². The number of carboxylic acid groups (broad SMARTS) is 1. The zero-order valence-corrected chi connectivity index (χ0v) is 17.0. The van der Waals surface area contributed by atoms with E-state index in [0.717, 1.165) is 41.1 Å². The highest BCUT2D eigenvalue weighted by Crippen LogP contribution is 2.45. The van der Waals surface area contributed by atoms with E-state index in [-0.39, 0.29) is 23.5 Å². The SMILES string of the molecule is CC(C)c1c(C2CCC(C(=O)O)CC2)c2cc(O)ccc2n1-c1ccc(F)c(F)c1. The van der Waals surface area contributed by atoms with Gasteiger partial charge in [0, 0.05) is 22.8 Å². The third-order valence-corrected chi connectivity index (χ3v) is 6.22. The lowest BCUT2D eigenvalue weighted by atomic mass is 9.77. The van der Waals surface area contributed by atoms with Crippen LogP contribution in [-0.2, 0) is 4.79 Å². The summed E-state index contributed by atoms with van der Waals surface area (Å²) in [6, 6.07) is 8.98. The normalized spacial score (nSPS) is 19.5. The number of aromatic nitrogens is 1. The summed E-state index contributed by atoms with van der Waals surface area (Å²) in [5.41, 5.74) is 3.40. The molecule has 0 amide bonds. The molecule has 1 aromatic heterocycles. The lowest BCUT2D eigenvalue weighted by Gasteiger charge is -2.28. The second-order valence-corrected chi connectivity index (χ2v) is 8.48. The van der Waals surface area contributed by atoms with Gasteiger partial charge in [-0.15, -0.1) is 0 Å². The van der Waals surface area contributed by atoms with E-state index in [1.807, 2.05) is 4.57 Å². The standard InChI is InChI=1S/C24H25F2NO3/c1-13(2)23-22(14-3-5-15(6-4-14)24(29)30)18-12-17(28)8-10-21(18)27(23)16-7-9-19(25)20(26)11-16/h7-15,28H,3-6H2,1-2H3,(H,29,30). The molecule has 1 aliphatic carbocycles. The number of aliphatic carboxylic acids is 1. The molecule has 30 heavy (non-hydrogen) atoms. The fraction of sp³-hybridized carbons (Fsp3) is 0.375. The Morgan fingerprint density at radius 3 is 2.33 bits per heavy atom. The van der Waals surface area contributed by atoms with Gasteiger partial charge in [-0.05, 0) is 73.4 Å². The second-order valence-electron chi connectivity index (χ2n) is 8.48. The van der Waals surface area contributed by atoms with Crippen molar-refractivity contribution in [1.29, 1.82) is 0 Å². The predicted molar refractivity (Wildman–Crippen MR) is 111 cm³/mol. The maximum absolute atomic E-state index is 14.1. The van der Waals surface area contributed by atoms with E-state index in [1.54, 1.807) is 24.3 Å². The number of hydrogen-bond acceptors (Lipinski definition) is 2. The number of carboxylic acids is 1. The highest BCUT2D eigenvalue weighted by Gasteiger charge is 2.32. The fourth-order valence-electron chi connectivity index (χ4n) is 4.85. The number of phenols is 1. The van der Waals surface area contributed by atoms with Gasteiger partial charge >= 0.3 is 5.97 Å². The third-order valence-electron chi connectivity index (χ3n) is 6.22. The maximum Gasteiger partial charge on any atom is 0.306 e. The van der Waals surface area contributed by atoms with Crippen LogP contribution in [0.1, 0.15) is 62.6 Å². The number of aromatic hydroxyl groups is 1. The average Bonchev–Trinajstić information content (AvgIpc) is 3.04. The topological polar surface area (TPSA) is 62.5 Å². The van der Waals surface area contributed by atoms with Crippen LogP contribution >= 0.6 is 0 Å². The van der Waals surface area contributed by atoms with E-state index in [2.05, 4.69) is 13.8 Å². The van der Waals surface area contributed by atoms with Crippen LogP contribution in [0.3, 0.4) is 0 Å². The summed E-state index contributed by atoms with van der Waals surface area (Å²) >= 11 is 0. The quantitative estimate of drug-likeness (QED) is 0.544. The van der Waals surface area contributed by atoms with Crippen LogP contribution in [0.2, 0.25) is 0 Å². The van der Waals surface area contributed by atoms with Crippen LogP contribution in [0.15, 0.2) is 36.4 Å². The molecule has 4 nitrogen and oxygen atoms in total. The minimum Gasteiger partial charge on any atom is -0.508 e. The molecular weight excluding hydrogens is 388 g/mol. The number of carbonyl (C=O) groups is 1. The summed E-state index contributed by atoms with van der Waals surface area (Å²) in [4.78, 5) is 11.4. The first-order valence-electron chi connectivity index (χ1n) is 10.3. The predicted octanol–water partition coefficient (Wildman–Crippen LogP) is 6.10. The van der Waals surface area contributed by atoms with E-state index in [9.17, 15) is 23.8 Å². The molecule has 158 valence electrons. The maximum atomic E-state index is 14.1. The number of halogens is 2. The number of benzene rings is 2. The minimum atomic E-state index is -0.911. The first-order valence-corrected chi connectivity index (χ1v) is 10.3. The summed E-state index contributed by atoms with van der Waals surface area (Å²) < 4.78 is 29.6. The second kappa shape index (κ2) is 7.74. The summed E-state index contributed by atoms with van der Waals surface area (Å²) in [7, 11) is 0. The number of fused-ring (bicyclic) bond motifs is 1. The van der Waals surface area contributed by atoms with Gasteiger partial charge in [0.15, 0.2) is 11.6 Å². The lowest BCUT2D eigenvalue weighted by Crippen LogP contribution is -2.21. The summed E-state index contributed by atoms with van der Waals surface area (Å²) in [6.07, 6.45) is 2.69. The van der Waals surface area contributed by atoms with E-state index in [4.69, 9.17) is 0 Å². The van der Waals surface area contributed by atoms with Gasteiger partial charge in [-0.25, -0.2) is 8.78 Å². The van der Waals surface area contributed by atoms with Crippen LogP contribution in [0.4, 0.5) is 8.78 Å². The van der Waals surface area contributed by atoms with Crippen molar-refractivity contribution in [3.63, 3.8) is 0 Å². The van der Waals surface area contributed by atoms with Crippen molar-refractivity contribution in [1.82, 2.24) is 4.57 Å². The molecule has 0 unspecified atom stereocenters. The number of nitrogens with zero attached hydrogens (tertiary/aromatic N) is 1. The number of phenolic OH excluding ortho intramolecular Hbond substituents is 1. The molecule has 0 spiro atoms. The zero-order chi connectivity index (χ0) is 21.6. The monoisotopic (exact) mass is 413 g/mol. The van der Waals surface area contributed by atoms with E-state index in [0.29, 0.717) is 18.5 Å². The molecule has 2 N–H and O–H groups in total. The zero-order valence-electron chi connectivity index (χ0n) is 17.0. The first-order chi connectivity index (χ1) is 14.3. The average molecular weight is 413 g/mol. The molecule has 2 aromatic carbocycles. The Morgan fingerprint density at radius 2 is 1.73 bits per heavy atom. The molecule has 6 heteroatoms. The van der Waals surface area contributed by atoms with Crippen LogP contribution in [0, 0.1) is 17.6 Å². The van der Waals surface area contributed by atoms with Crippen LogP contribution in [0.25, 0.3) is 16.6 Å². The van der Waals surface area contributed by atoms with E-state index in [1.165, 1.54) is 6.07 Å². The van der Waals surface area contributed by atoms with Gasteiger partial charge in [-0.1, -0.05) is 13.8 Å². The van der Waals surface area contributed by atoms with Gasteiger partial charge in [0.05, 0.1) is 11.4 Å². The Balaban J connectivity index is 1.93. The Labute approximate surface area is 173 Å². The van der Waals surface area contributed by atoms with Crippen molar-refractivity contribution >= 4 is 16.9 Å². The van der Waals surface area contributed by atoms with Crippen molar-refractivity contribution in [2.24, 2.45) is 5.92 Å². The molecule has 1 aliphatic rings. The molecule has 0 bridgehead atoms. The molecule has 3 aromatic rings. The molecular formula is C24H25F2NO3. The number of hydrogen-bond donors (Lipinski definition) is 2. The summed E-state index contributed by atoms with van der Waals surface area (Å²) in [5.74, 6) is -2.51. The van der Waals surface area contributed by atoms with Crippen LogP contribution in [-0.4, -0.2) is 20.7 Å². The largest absolute Gasteiger partial charge is 0.508 e. The van der Waals surface area contributed by atoms with Crippen molar-refractivity contribution in [2.75, 3.05) is 0 Å². The molecule has 0 atom stereocenters. The van der Waals surface area contributed by atoms with Gasteiger partial charge < -0.3 is 14.8 Å². The van der Waals surface area contributed by atoms with Crippen LogP contribution < -0.4 is 0 Å². The Hall–Kier alpha value is -2.89. The molecule has 4 rings (SSSR count). The molecule has 1 saturated carbocycles. The van der Waals surface area contributed by atoms with Crippen molar-refractivity contribution in [3.8, 4) is 11.4 Å². The fourth-order valence-corrected chi connectivity index (χ4v) is 4.85. The lowest BCUT2D eigenvalue weighted by molar-refractivity contribution is -0.142. The minimum absolute atomic E-state index is 0.0832. The van der Waals surface area contributed by atoms with Crippen molar-refractivity contribution in [3.05, 3.63) is 59.3 Å². The molecule has 1 heterocycles. The summed E-state index contributed by atoms with van der Waals surface area (Å²) in [6.45, 7) is 4.10. The van der Waals surface area contributed by atoms with Crippen LogP contribution in [0.5, 0.6) is 5.75 Å². The van der Waals surface area contributed by atoms with Crippen molar-refractivity contribution in [2.45, 2.75) is 51.4 Å². The Kier molecular flexibility index (Phi) is 5.26. The molecule has 0 aliphatic heterocycles. The number of rotatable bonds is 4. The molecule has 1 fully saturated rings. The van der Waals surface area contributed by atoms with E-state index < -0.39 is 17.6 Å². The van der Waals surface area contributed by atoms with E-state index >= 15 is 0 Å². The summed E-state index contributed by atoms with van der Waals surface area (Å²) in [5, 5.41) is 20.4. The van der Waals surface area contributed by atoms with Crippen molar-refractivity contribution < 1.29 is 23.8 Å². The Morgan fingerprint density at radius 1 is 1.03 bits per heavy atom. The molecule has 0 radical (unpaired) electrons. The highest BCUT2D eigenvalue weighted by molar-refractivity contribution is 5.89. The highest BCUT2D eigenvalue weighted by atomic mass is 19.2. The molecule has 0 saturated heterocycles. The Bertz CT molecular complexity index is 1110. The third kappa shape index (κ3) is 3.44. The van der Waals surface area contributed by atoms with Gasteiger partial charge in [-0.2, -0.15) is 0 Å². The first kappa shape index (κ1) is 20.4. The smallest absolute Gasteiger partial charge is 0.306 e.